The van der Waals surface area contributed by atoms with Crippen LogP contribution in [0.1, 0.15) is 6.92 Å². The fourth-order valence-electron chi connectivity index (χ4n) is 3.07. The van der Waals surface area contributed by atoms with E-state index in [-0.39, 0.29) is 11.9 Å². The van der Waals surface area contributed by atoms with Crippen molar-refractivity contribution in [3.05, 3.63) is 52.6 Å². The number of nitrogens with zero attached hydrogens (tertiary/aromatic N) is 3. The highest BCUT2D eigenvalue weighted by molar-refractivity contribution is 6.32. The predicted octanol–water partition coefficient (Wildman–Crippen LogP) is 3.41. The van der Waals surface area contributed by atoms with Gasteiger partial charge in [0.25, 0.3) is 0 Å². The molecular formula is C20H24Cl2N4O2. The number of hydrogen-bond acceptors (Lipinski definition) is 5. The number of halogens is 2. The summed E-state index contributed by atoms with van der Waals surface area (Å²) in [5, 5.41) is 4.01. The monoisotopic (exact) mass is 422 g/mol. The first-order chi connectivity index (χ1) is 13.5. The molecule has 0 aliphatic carbocycles. The quantitative estimate of drug-likeness (QED) is 0.740. The van der Waals surface area contributed by atoms with Crippen LogP contribution in [0.2, 0.25) is 10.0 Å². The first kappa shape index (κ1) is 20.9. The summed E-state index contributed by atoms with van der Waals surface area (Å²) >= 11 is 11.9. The lowest BCUT2D eigenvalue weighted by Gasteiger charge is -2.37. The molecule has 1 aromatic carbocycles. The van der Waals surface area contributed by atoms with Gasteiger partial charge < -0.3 is 10.1 Å². The highest BCUT2D eigenvalue weighted by Crippen LogP contribution is 2.23. The van der Waals surface area contributed by atoms with E-state index in [0.717, 1.165) is 32.7 Å². The van der Waals surface area contributed by atoms with Crippen molar-refractivity contribution >= 4 is 34.9 Å². The molecule has 1 unspecified atom stereocenters. The number of amides is 1. The molecule has 150 valence electrons. The number of piperazine rings is 1. The van der Waals surface area contributed by atoms with Crippen molar-refractivity contribution in [1.82, 2.24) is 14.8 Å². The molecule has 1 aliphatic heterocycles. The Labute approximate surface area is 175 Å². The smallest absolute Gasteiger partial charge is 0.242 e. The Morgan fingerprint density at radius 2 is 1.93 bits per heavy atom. The van der Waals surface area contributed by atoms with Crippen molar-refractivity contribution in [1.29, 1.82) is 0 Å². The maximum Gasteiger partial charge on any atom is 0.242 e. The summed E-state index contributed by atoms with van der Waals surface area (Å²) in [5.74, 6) is 1.16. The van der Waals surface area contributed by atoms with E-state index in [1.807, 2.05) is 31.2 Å². The van der Waals surface area contributed by atoms with Gasteiger partial charge in [-0.25, -0.2) is 4.98 Å². The second kappa shape index (κ2) is 10.1. The molecule has 2 aromatic rings. The Kier molecular flexibility index (Phi) is 7.50. The van der Waals surface area contributed by atoms with Gasteiger partial charge in [0.2, 0.25) is 5.91 Å². The summed E-state index contributed by atoms with van der Waals surface area (Å²) in [4.78, 5) is 21.1. The van der Waals surface area contributed by atoms with Gasteiger partial charge in [0, 0.05) is 38.9 Å². The summed E-state index contributed by atoms with van der Waals surface area (Å²) in [6.07, 6.45) is 1.52. The highest BCUT2D eigenvalue weighted by atomic mass is 35.5. The van der Waals surface area contributed by atoms with E-state index in [0.29, 0.717) is 28.2 Å². The minimum atomic E-state index is -0.223. The normalized spacial score (nSPS) is 16.5. The molecule has 1 saturated heterocycles. The van der Waals surface area contributed by atoms with Crippen LogP contribution in [0.3, 0.4) is 0 Å². The fourth-order valence-corrected chi connectivity index (χ4v) is 3.37. The van der Waals surface area contributed by atoms with Gasteiger partial charge in [-0.3, -0.25) is 14.6 Å². The molecule has 1 aliphatic rings. The second-order valence-electron chi connectivity index (χ2n) is 6.68. The van der Waals surface area contributed by atoms with Crippen LogP contribution in [0.4, 0.5) is 5.82 Å². The van der Waals surface area contributed by atoms with Crippen LogP contribution in [-0.2, 0) is 4.79 Å². The standard InChI is InChI=1S/C20H24Cl2N4O2/c1-15(20(27)24-19-7-6-16(21)14-23-19)26-10-8-25(9-11-26)12-13-28-18-5-3-2-4-17(18)22/h2-7,14-15H,8-13H2,1H3,(H,23,24,27). The van der Waals surface area contributed by atoms with E-state index in [1.165, 1.54) is 6.20 Å². The van der Waals surface area contributed by atoms with Crippen molar-refractivity contribution in [3.8, 4) is 5.75 Å². The highest BCUT2D eigenvalue weighted by Gasteiger charge is 2.25. The summed E-state index contributed by atoms with van der Waals surface area (Å²) in [6, 6.07) is 10.7. The van der Waals surface area contributed by atoms with Crippen molar-refractivity contribution in [2.24, 2.45) is 0 Å². The number of rotatable bonds is 7. The zero-order chi connectivity index (χ0) is 19.9. The van der Waals surface area contributed by atoms with Crippen LogP contribution < -0.4 is 10.1 Å². The average molecular weight is 423 g/mol. The Morgan fingerprint density at radius 1 is 1.18 bits per heavy atom. The molecule has 0 radical (unpaired) electrons. The molecule has 1 atom stereocenters. The maximum absolute atomic E-state index is 12.5. The maximum atomic E-state index is 12.5. The molecule has 6 nitrogen and oxygen atoms in total. The van der Waals surface area contributed by atoms with Gasteiger partial charge in [0.05, 0.1) is 16.1 Å². The van der Waals surface area contributed by atoms with E-state index >= 15 is 0 Å². The third-order valence-electron chi connectivity index (χ3n) is 4.81. The largest absolute Gasteiger partial charge is 0.491 e. The van der Waals surface area contributed by atoms with E-state index in [9.17, 15) is 4.79 Å². The molecule has 1 N–H and O–H groups in total. The Hall–Kier alpha value is -1.86. The van der Waals surface area contributed by atoms with Gasteiger partial charge in [-0.1, -0.05) is 35.3 Å². The first-order valence-electron chi connectivity index (χ1n) is 9.29. The molecule has 8 heteroatoms. The Bertz CT molecular complexity index is 780. The zero-order valence-corrected chi connectivity index (χ0v) is 17.3. The summed E-state index contributed by atoms with van der Waals surface area (Å²) in [5.41, 5.74) is 0. The summed E-state index contributed by atoms with van der Waals surface area (Å²) in [7, 11) is 0. The summed E-state index contributed by atoms with van der Waals surface area (Å²) < 4.78 is 5.76. The van der Waals surface area contributed by atoms with Crippen molar-refractivity contribution in [2.45, 2.75) is 13.0 Å². The number of benzene rings is 1. The van der Waals surface area contributed by atoms with Crippen LogP contribution in [0.15, 0.2) is 42.6 Å². The van der Waals surface area contributed by atoms with E-state index in [2.05, 4.69) is 20.1 Å². The molecule has 28 heavy (non-hydrogen) atoms. The number of ether oxygens (including phenoxy) is 1. The third kappa shape index (κ3) is 5.82. The summed E-state index contributed by atoms with van der Waals surface area (Å²) in [6.45, 7) is 6.77. The molecule has 2 heterocycles. The molecule has 1 amide bonds. The van der Waals surface area contributed by atoms with Crippen LogP contribution >= 0.6 is 23.2 Å². The molecule has 0 bridgehead atoms. The van der Waals surface area contributed by atoms with Crippen LogP contribution in [0, 0.1) is 0 Å². The topological polar surface area (TPSA) is 57.7 Å². The van der Waals surface area contributed by atoms with Crippen molar-refractivity contribution < 1.29 is 9.53 Å². The predicted molar refractivity (Wildman–Crippen MR) is 112 cm³/mol. The lowest BCUT2D eigenvalue weighted by atomic mass is 10.2. The molecule has 3 rings (SSSR count). The Morgan fingerprint density at radius 3 is 2.61 bits per heavy atom. The Balaban J connectivity index is 1.39. The number of anilines is 1. The van der Waals surface area contributed by atoms with Gasteiger partial charge in [-0.05, 0) is 31.2 Å². The van der Waals surface area contributed by atoms with E-state index < -0.39 is 0 Å². The van der Waals surface area contributed by atoms with E-state index in [4.69, 9.17) is 27.9 Å². The first-order valence-corrected chi connectivity index (χ1v) is 10.0. The van der Waals surface area contributed by atoms with Gasteiger partial charge in [0.1, 0.15) is 18.2 Å². The van der Waals surface area contributed by atoms with Crippen LogP contribution in [-0.4, -0.2) is 66.1 Å². The fraction of sp³-hybridized carbons (Fsp3) is 0.400. The number of carbonyl (C=O) groups excluding carboxylic acids is 1. The number of hydrogen-bond donors (Lipinski definition) is 1. The number of para-hydroxylation sites is 1. The van der Waals surface area contributed by atoms with Gasteiger partial charge in [0.15, 0.2) is 0 Å². The minimum absolute atomic E-state index is 0.0645. The van der Waals surface area contributed by atoms with Gasteiger partial charge >= 0.3 is 0 Å². The minimum Gasteiger partial charge on any atom is -0.491 e. The van der Waals surface area contributed by atoms with Crippen molar-refractivity contribution in [3.63, 3.8) is 0 Å². The average Bonchev–Trinajstić information content (AvgIpc) is 2.71. The molecule has 0 spiro atoms. The number of aromatic nitrogens is 1. The number of pyridine rings is 1. The molecule has 0 saturated carbocycles. The number of carbonyl (C=O) groups is 1. The molecule has 1 fully saturated rings. The third-order valence-corrected chi connectivity index (χ3v) is 5.35. The van der Waals surface area contributed by atoms with E-state index in [1.54, 1.807) is 12.1 Å². The molecular weight excluding hydrogens is 399 g/mol. The van der Waals surface area contributed by atoms with Gasteiger partial charge in [-0.15, -0.1) is 0 Å². The SMILES string of the molecule is CC(C(=O)Nc1ccc(Cl)cn1)N1CCN(CCOc2ccccc2Cl)CC1. The van der Waals surface area contributed by atoms with Crippen LogP contribution in [0.5, 0.6) is 5.75 Å². The lowest BCUT2D eigenvalue weighted by Crippen LogP contribution is -2.53. The lowest BCUT2D eigenvalue weighted by molar-refractivity contribution is -0.121. The molecule has 1 aromatic heterocycles. The zero-order valence-electron chi connectivity index (χ0n) is 15.8. The number of nitrogens with one attached hydrogen (secondary N) is 1. The van der Waals surface area contributed by atoms with Crippen LogP contribution in [0.25, 0.3) is 0 Å². The second-order valence-corrected chi connectivity index (χ2v) is 7.53. The van der Waals surface area contributed by atoms with Gasteiger partial charge in [-0.2, -0.15) is 0 Å². The van der Waals surface area contributed by atoms with Crippen molar-refractivity contribution in [2.75, 3.05) is 44.6 Å².